The Morgan fingerprint density at radius 3 is 2.78 bits per heavy atom. The van der Waals surface area contributed by atoms with Gasteiger partial charge in [-0.15, -0.1) is 10.2 Å². The summed E-state index contributed by atoms with van der Waals surface area (Å²) in [7, 11) is 0. The normalized spacial score (nSPS) is 10.9. The van der Waals surface area contributed by atoms with E-state index in [1.165, 1.54) is 11.8 Å². The second kappa shape index (κ2) is 7.50. The van der Waals surface area contributed by atoms with Crippen LogP contribution in [-0.4, -0.2) is 36.6 Å². The van der Waals surface area contributed by atoms with Gasteiger partial charge < -0.3 is 14.8 Å². The van der Waals surface area contributed by atoms with E-state index in [2.05, 4.69) is 25.7 Å². The van der Waals surface area contributed by atoms with Crippen molar-refractivity contribution in [1.29, 1.82) is 0 Å². The first kappa shape index (κ1) is 17.1. The number of nitrogens with one attached hydrogen (secondary N) is 2. The van der Waals surface area contributed by atoms with E-state index in [1.54, 1.807) is 13.0 Å². The molecule has 3 aromatic heterocycles. The minimum absolute atomic E-state index is 0.168. The molecule has 0 aliphatic carbocycles. The van der Waals surface area contributed by atoms with Crippen LogP contribution in [0.5, 0.6) is 0 Å². The number of anilines is 1. The van der Waals surface area contributed by atoms with E-state index in [0.29, 0.717) is 22.6 Å². The molecule has 1 amide bonds. The van der Waals surface area contributed by atoms with Crippen LogP contribution in [0.1, 0.15) is 5.76 Å². The van der Waals surface area contributed by atoms with E-state index >= 15 is 0 Å². The number of hydrogen-bond acceptors (Lipinski definition) is 6. The van der Waals surface area contributed by atoms with E-state index in [0.717, 1.165) is 11.4 Å². The summed E-state index contributed by atoms with van der Waals surface area (Å²) in [4.78, 5) is 15.3. The van der Waals surface area contributed by atoms with Gasteiger partial charge in [0.2, 0.25) is 5.91 Å². The quantitative estimate of drug-likeness (QED) is 0.498. The highest BCUT2D eigenvalue weighted by Gasteiger charge is 2.18. The second-order valence-corrected chi connectivity index (χ2v) is 6.66. The van der Waals surface area contributed by atoms with Gasteiger partial charge >= 0.3 is 0 Å². The predicted octanol–water partition coefficient (Wildman–Crippen LogP) is 3.29. The summed E-state index contributed by atoms with van der Waals surface area (Å²) >= 11 is 1.30. The van der Waals surface area contributed by atoms with Crippen LogP contribution in [0.25, 0.3) is 17.2 Å². The van der Waals surface area contributed by atoms with Crippen molar-refractivity contribution in [2.24, 2.45) is 0 Å². The number of aromatic nitrogens is 5. The minimum atomic E-state index is -0.197. The highest BCUT2D eigenvalue weighted by Crippen LogP contribution is 2.27. The fourth-order valence-electron chi connectivity index (χ4n) is 2.55. The third-order valence-corrected chi connectivity index (χ3v) is 4.64. The van der Waals surface area contributed by atoms with E-state index in [1.807, 2.05) is 53.2 Å². The Labute approximate surface area is 159 Å². The molecular formula is C18H16N6O2S. The smallest absolute Gasteiger partial charge is 0.236 e. The van der Waals surface area contributed by atoms with Gasteiger partial charge in [-0.05, 0) is 31.2 Å². The summed E-state index contributed by atoms with van der Waals surface area (Å²) in [5.74, 6) is 1.69. The van der Waals surface area contributed by atoms with E-state index in [9.17, 15) is 4.79 Å². The van der Waals surface area contributed by atoms with E-state index in [4.69, 9.17) is 4.52 Å². The molecule has 0 fully saturated rings. The Hall–Kier alpha value is -3.33. The van der Waals surface area contributed by atoms with Crippen molar-refractivity contribution in [1.82, 2.24) is 24.9 Å². The summed E-state index contributed by atoms with van der Waals surface area (Å²) in [6, 6.07) is 15.3. The first-order valence-electron chi connectivity index (χ1n) is 8.21. The van der Waals surface area contributed by atoms with Crippen molar-refractivity contribution in [2.75, 3.05) is 11.1 Å². The number of hydrogen-bond donors (Lipinski definition) is 2. The number of para-hydroxylation sites is 1. The van der Waals surface area contributed by atoms with Crippen LogP contribution in [0.4, 0.5) is 5.82 Å². The largest absolute Gasteiger partial charge is 0.360 e. The lowest BCUT2D eigenvalue weighted by Crippen LogP contribution is -2.14. The Kier molecular flexibility index (Phi) is 4.75. The summed E-state index contributed by atoms with van der Waals surface area (Å²) in [5, 5.41) is 15.7. The molecule has 0 bridgehead atoms. The maximum atomic E-state index is 12.2. The molecule has 0 spiro atoms. The van der Waals surface area contributed by atoms with Crippen LogP contribution in [0.2, 0.25) is 0 Å². The molecule has 0 saturated carbocycles. The van der Waals surface area contributed by atoms with Crippen molar-refractivity contribution in [3.8, 4) is 17.2 Å². The molecule has 0 radical (unpaired) electrons. The summed E-state index contributed by atoms with van der Waals surface area (Å²) in [5.41, 5.74) is 1.77. The van der Waals surface area contributed by atoms with E-state index in [-0.39, 0.29) is 11.7 Å². The van der Waals surface area contributed by atoms with Gasteiger partial charge in [-0.25, -0.2) is 0 Å². The molecule has 3 heterocycles. The van der Waals surface area contributed by atoms with Crippen LogP contribution < -0.4 is 5.32 Å². The number of aromatic amines is 1. The molecule has 0 atom stereocenters. The van der Waals surface area contributed by atoms with Crippen molar-refractivity contribution >= 4 is 23.5 Å². The first-order chi connectivity index (χ1) is 13.2. The summed E-state index contributed by atoms with van der Waals surface area (Å²) < 4.78 is 6.87. The van der Waals surface area contributed by atoms with Crippen molar-refractivity contribution in [2.45, 2.75) is 12.1 Å². The van der Waals surface area contributed by atoms with Crippen molar-refractivity contribution in [3.05, 3.63) is 60.5 Å². The van der Waals surface area contributed by atoms with Gasteiger partial charge in [-0.1, -0.05) is 35.1 Å². The average Bonchev–Trinajstić information content (AvgIpc) is 3.41. The van der Waals surface area contributed by atoms with Gasteiger partial charge in [0.05, 0.1) is 11.4 Å². The lowest BCUT2D eigenvalue weighted by Gasteiger charge is -2.09. The number of thioether (sulfide) groups is 1. The monoisotopic (exact) mass is 380 g/mol. The van der Waals surface area contributed by atoms with E-state index < -0.39 is 0 Å². The highest BCUT2D eigenvalue weighted by molar-refractivity contribution is 7.99. The molecule has 136 valence electrons. The summed E-state index contributed by atoms with van der Waals surface area (Å²) in [6.45, 7) is 1.77. The molecular weight excluding hydrogens is 364 g/mol. The van der Waals surface area contributed by atoms with Gasteiger partial charge in [-0.3, -0.25) is 9.36 Å². The Balaban J connectivity index is 1.56. The number of benzene rings is 1. The van der Waals surface area contributed by atoms with Gasteiger partial charge in [-0.2, -0.15) is 0 Å². The fraction of sp³-hybridized carbons (Fsp3) is 0.111. The lowest BCUT2D eigenvalue weighted by atomic mass is 10.3. The number of amides is 1. The van der Waals surface area contributed by atoms with Crippen LogP contribution in [-0.2, 0) is 4.79 Å². The first-order valence-corrected chi connectivity index (χ1v) is 9.20. The Morgan fingerprint density at radius 2 is 2.07 bits per heavy atom. The predicted molar refractivity (Wildman–Crippen MR) is 102 cm³/mol. The molecule has 8 nitrogen and oxygen atoms in total. The van der Waals surface area contributed by atoms with Crippen LogP contribution in [0.15, 0.2) is 64.4 Å². The molecule has 1 aromatic carbocycles. The number of H-pyrrole nitrogens is 1. The van der Waals surface area contributed by atoms with Crippen LogP contribution in [0, 0.1) is 6.92 Å². The van der Waals surface area contributed by atoms with Gasteiger partial charge in [0.15, 0.2) is 16.8 Å². The molecule has 0 aliphatic rings. The number of rotatable bonds is 6. The molecule has 2 N–H and O–H groups in total. The maximum Gasteiger partial charge on any atom is 0.236 e. The highest BCUT2D eigenvalue weighted by atomic mass is 32.2. The maximum absolute atomic E-state index is 12.2. The second-order valence-electron chi connectivity index (χ2n) is 5.72. The van der Waals surface area contributed by atoms with Crippen molar-refractivity contribution in [3.63, 3.8) is 0 Å². The Morgan fingerprint density at radius 1 is 1.22 bits per heavy atom. The fourth-order valence-corrected chi connectivity index (χ4v) is 3.30. The number of carbonyl (C=O) groups is 1. The molecule has 0 unspecified atom stereocenters. The summed E-state index contributed by atoms with van der Waals surface area (Å²) in [6.07, 6.45) is 1.83. The zero-order valence-electron chi connectivity index (χ0n) is 14.4. The van der Waals surface area contributed by atoms with Gasteiger partial charge in [0, 0.05) is 18.0 Å². The zero-order valence-corrected chi connectivity index (χ0v) is 15.2. The molecule has 0 saturated heterocycles. The number of nitrogens with zero attached hydrogens (tertiary/aromatic N) is 4. The molecule has 0 aliphatic heterocycles. The minimum Gasteiger partial charge on any atom is -0.360 e. The molecule has 4 aromatic rings. The topological polar surface area (TPSA) is 102 Å². The molecule has 9 heteroatoms. The third kappa shape index (κ3) is 3.77. The third-order valence-electron chi connectivity index (χ3n) is 3.71. The molecule has 4 rings (SSSR count). The van der Waals surface area contributed by atoms with Crippen molar-refractivity contribution < 1.29 is 9.32 Å². The van der Waals surface area contributed by atoms with Crippen LogP contribution in [0.3, 0.4) is 0 Å². The van der Waals surface area contributed by atoms with Gasteiger partial charge in [0.25, 0.3) is 0 Å². The van der Waals surface area contributed by atoms with Gasteiger partial charge in [0.1, 0.15) is 5.76 Å². The molecule has 27 heavy (non-hydrogen) atoms. The Bertz CT molecular complexity index is 1040. The standard InChI is InChI=1S/C18H16N6O2S/c1-12-10-15(23-26-12)20-16(25)11-27-18-22-21-17(14-8-5-9-19-14)24(18)13-6-3-2-4-7-13/h2-10,19H,11H2,1H3,(H,20,23,25). The number of carbonyl (C=O) groups excluding carboxylic acids is 1. The SMILES string of the molecule is Cc1cc(NC(=O)CSc2nnc(-c3ccc[nH]3)n2-c2ccccc2)no1. The lowest BCUT2D eigenvalue weighted by molar-refractivity contribution is -0.113. The zero-order chi connectivity index (χ0) is 18.6. The average molecular weight is 380 g/mol. The van der Waals surface area contributed by atoms with Crippen LogP contribution >= 0.6 is 11.8 Å². The number of aryl methyl sites for hydroxylation is 1.